The molecule has 2 rings (SSSR count). The molecule has 0 aliphatic rings. The molecule has 114 valence electrons. The van der Waals surface area contributed by atoms with Crippen molar-refractivity contribution in [3.05, 3.63) is 62.7 Å². The van der Waals surface area contributed by atoms with Gasteiger partial charge < -0.3 is 15.5 Å². The van der Waals surface area contributed by atoms with Crippen LogP contribution in [0.2, 0.25) is 5.02 Å². The molecule has 8 heteroatoms. The first-order valence-corrected chi connectivity index (χ1v) is 6.49. The highest BCUT2D eigenvalue weighted by atomic mass is 35.5. The third-order valence-corrected chi connectivity index (χ3v) is 3.15. The van der Waals surface area contributed by atoms with E-state index in [2.05, 4.69) is 5.32 Å². The van der Waals surface area contributed by atoms with Crippen molar-refractivity contribution in [1.29, 1.82) is 0 Å². The van der Waals surface area contributed by atoms with E-state index in [9.17, 15) is 25.1 Å². The molecule has 0 heterocycles. The Morgan fingerprint density at radius 1 is 1.18 bits per heavy atom. The molecule has 3 N–H and O–H groups in total. The van der Waals surface area contributed by atoms with Gasteiger partial charge in [0.05, 0.1) is 10.5 Å². The predicted molar refractivity (Wildman–Crippen MR) is 79.0 cm³/mol. The average Bonchev–Trinajstić information content (AvgIpc) is 2.48. The van der Waals surface area contributed by atoms with Crippen LogP contribution >= 0.6 is 11.6 Å². The van der Waals surface area contributed by atoms with Crippen LogP contribution < -0.4 is 5.32 Å². The zero-order valence-electron chi connectivity index (χ0n) is 11.1. The summed E-state index contributed by atoms with van der Waals surface area (Å²) in [7, 11) is 0. The maximum absolute atomic E-state index is 12.0. The van der Waals surface area contributed by atoms with Crippen molar-refractivity contribution in [3.8, 4) is 11.5 Å². The van der Waals surface area contributed by atoms with E-state index < -0.39 is 10.8 Å². The number of rotatable bonds is 4. The largest absolute Gasteiger partial charge is 0.508 e. The molecule has 7 nitrogen and oxygen atoms in total. The highest BCUT2D eigenvalue weighted by Crippen LogP contribution is 2.24. The van der Waals surface area contributed by atoms with Gasteiger partial charge in [0, 0.05) is 29.3 Å². The van der Waals surface area contributed by atoms with Crippen molar-refractivity contribution < 1.29 is 19.9 Å². The van der Waals surface area contributed by atoms with Gasteiger partial charge in [0.25, 0.3) is 11.6 Å². The number of hydrogen-bond donors (Lipinski definition) is 3. The van der Waals surface area contributed by atoms with Crippen LogP contribution in [-0.2, 0) is 6.54 Å². The number of phenols is 2. The molecular formula is C14H11ClN2O5. The Kier molecular flexibility index (Phi) is 4.47. The maximum Gasteiger partial charge on any atom is 0.270 e. The number of nitro groups is 1. The zero-order chi connectivity index (χ0) is 16.3. The number of aromatic hydroxyl groups is 2. The first-order chi connectivity index (χ1) is 10.4. The second kappa shape index (κ2) is 6.31. The number of halogens is 1. The van der Waals surface area contributed by atoms with Crippen LogP contribution in [0.15, 0.2) is 36.4 Å². The van der Waals surface area contributed by atoms with Crippen molar-refractivity contribution in [2.45, 2.75) is 6.54 Å². The number of benzene rings is 2. The molecule has 0 radical (unpaired) electrons. The van der Waals surface area contributed by atoms with Gasteiger partial charge in [-0.1, -0.05) is 11.6 Å². The molecular weight excluding hydrogens is 312 g/mol. The molecule has 0 spiro atoms. The van der Waals surface area contributed by atoms with Gasteiger partial charge in [-0.15, -0.1) is 0 Å². The van der Waals surface area contributed by atoms with E-state index in [4.69, 9.17) is 11.6 Å². The summed E-state index contributed by atoms with van der Waals surface area (Å²) in [6, 6.07) is 7.50. The van der Waals surface area contributed by atoms with Gasteiger partial charge in [0.1, 0.15) is 11.5 Å². The number of nitro benzene ring substituents is 1. The van der Waals surface area contributed by atoms with E-state index in [0.717, 1.165) is 12.1 Å². The third-order valence-electron chi connectivity index (χ3n) is 2.92. The molecule has 0 fully saturated rings. The number of non-ortho nitro benzene ring substituents is 1. The molecule has 0 saturated carbocycles. The quantitative estimate of drug-likeness (QED) is 0.591. The molecule has 2 aromatic carbocycles. The Balaban J connectivity index is 2.16. The van der Waals surface area contributed by atoms with Crippen molar-refractivity contribution in [1.82, 2.24) is 5.32 Å². The number of nitrogens with one attached hydrogen (secondary N) is 1. The van der Waals surface area contributed by atoms with Crippen LogP contribution in [0.25, 0.3) is 0 Å². The van der Waals surface area contributed by atoms with E-state index >= 15 is 0 Å². The van der Waals surface area contributed by atoms with Crippen LogP contribution in [0.1, 0.15) is 15.9 Å². The molecule has 2 aromatic rings. The lowest BCUT2D eigenvalue weighted by atomic mass is 10.1. The summed E-state index contributed by atoms with van der Waals surface area (Å²) in [5.74, 6) is -1.04. The van der Waals surface area contributed by atoms with Crippen LogP contribution in [0.4, 0.5) is 5.69 Å². The molecule has 0 atom stereocenters. The second-order valence-electron chi connectivity index (χ2n) is 4.41. The van der Waals surface area contributed by atoms with Gasteiger partial charge in [0.15, 0.2) is 0 Å². The molecule has 0 bridgehead atoms. The minimum atomic E-state index is -0.620. The van der Waals surface area contributed by atoms with E-state index in [1.165, 1.54) is 24.3 Å². The Bertz CT molecular complexity index is 748. The van der Waals surface area contributed by atoms with Gasteiger partial charge >= 0.3 is 0 Å². The van der Waals surface area contributed by atoms with Crippen molar-refractivity contribution in [3.63, 3.8) is 0 Å². The van der Waals surface area contributed by atoms with Crippen LogP contribution in [0.5, 0.6) is 11.5 Å². The fraction of sp³-hybridized carbons (Fsp3) is 0.0714. The molecule has 0 aliphatic heterocycles. The minimum Gasteiger partial charge on any atom is -0.508 e. The average molecular weight is 323 g/mol. The number of amides is 1. The number of carbonyl (C=O) groups is 1. The van der Waals surface area contributed by atoms with Crippen LogP contribution in [0, 0.1) is 10.1 Å². The minimum absolute atomic E-state index is 0.0302. The van der Waals surface area contributed by atoms with E-state index in [1.807, 2.05) is 0 Å². The third kappa shape index (κ3) is 3.44. The van der Waals surface area contributed by atoms with Gasteiger partial charge in [-0.3, -0.25) is 14.9 Å². The number of phenolic OH excluding ortho intramolecular Hbond substituents is 2. The van der Waals surface area contributed by atoms with E-state index in [0.29, 0.717) is 0 Å². The highest BCUT2D eigenvalue weighted by Gasteiger charge is 2.14. The normalized spacial score (nSPS) is 10.2. The SMILES string of the molecule is O=C(NCc1cc([N+](=O)[O-])ccc1O)c1cc(Cl)ccc1O. The fourth-order valence-corrected chi connectivity index (χ4v) is 1.96. The van der Waals surface area contributed by atoms with Gasteiger partial charge in [0.2, 0.25) is 0 Å². The van der Waals surface area contributed by atoms with Crippen molar-refractivity contribution in [2.24, 2.45) is 0 Å². The predicted octanol–water partition coefficient (Wildman–Crippen LogP) is 2.59. The second-order valence-corrected chi connectivity index (χ2v) is 4.85. The highest BCUT2D eigenvalue weighted by molar-refractivity contribution is 6.31. The van der Waals surface area contributed by atoms with E-state index in [1.54, 1.807) is 0 Å². The smallest absolute Gasteiger partial charge is 0.270 e. The number of nitrogens with zero attached hydrogens (tertiary/aromatic N) is 1. The van der Waals surface area contributed by atoms with E-state index in [-0.39, 0.29) is 39.9 Å². The zero-order valence-corrected chi connectivity index (χ0v) is 11.9. The van der Waals surface area contributed by atoms with Crippen molar-refractivity contribution in [2.75, 3.05) is 0 Å². The Morgan fingerprint density at radius 2 is 1.86 bits per heavy atom. The van der Waals surface area contributed by atoms with Crippen LogP contribution in [-0.4, -0.2) is 21.0 Å². The Labute approximate surface area is 129 Å². The summed E-state index contributed by atoms with van der Waals surface area (Å²) in [6.07, 6.45) is 0. The Hall–Kier alpha value is -2.80. The first-order valence-electron chi connectivity index (χ1n) is 6.11. The summed E-state index contributed by atoms with van der Waals surface area (Å²) in [4.78, 5) is 22.1. The maximum atomic E-state index is 12.0. The molecule has 0 aromatic heterocycles. The summed E-state index contributed by atoms with van der Waals surface area (Å²) in [6.45, 7) is -0.141. The van der Waals surface area contributed by atoms with Gasteiger partial charge in [-0.25, -0.2) is 0 Å². The van der Waals surface area contributed by atoms with Crippen molar-refractivity contribution >= 4 is 23.2 Å². The topological polar surface area (TPSA) is 113 Å². The molecule has 0 unspecified atom stereocenters. The number of hydrogen-bond acceptors (Lipinski definition) is 5. The molecule has 1 amide bonds. The Morgan fingerprint density at radius 3 is 2.55 bits per heavy atom. The summed E-state index contributed by atoms with van der Waals surface area (Å²) in [5.41, 5.74) is -0.0471. The first kappa shape index (κ1) is 15.6. The monoisotopic (exact) mass is 322 g/mol. The molecule has 22 heavy (non-hydrogen) atoms. The molecule has 0 saturated heterocycles. The lowest BCUT2D eigenvalue weighted by Crippen LogP contribution is -2.23. The lowest BCUT2D eigenvalue weighted by Gasteiger charge is -2.08. The summed E-state index contributed by atoms with van der Waals surface area (Å²) < 4.78 is 0. The fourth-order valence-electron chi connectivity index (χ4n) is 1.79. The summed E-state index contributed by atoms with van der Waals surface area (Å²) in [5, 5.41) is 32.7. The summed E-state index contributed by atoms with van der Waals surface area (Å²) >= 11 is 5.75. The van der Waals surface area contributed by atoms with Gasteiger partial charge in [-0.05, 0) is 24.3 Å². The standard InChI is InChI=1S/C14H11ClN2O5/c15-9-1-3-13(19)11(6-9)14(20)16-7-8-5-10(17(21)22)2-4-12(8)18/h1-6,18-19H,7H2,(H,16,20). The number of carbonyl (C=O) groups excluding carboxylic acids is 1. The van der Waals surface area contributed by atoms with Crippen LogP contribution in [0.3, 0.4) is 0 Å². The lowest BCUT2D eigenvalue weighted by molar-refractivity contribution is -0.384. The van der Waals surface area contributed by atoms with Gasteiger partial charge in [-0.2, -0.15) is 0 Å². The molecule has 0 aliphatic carbocycles.